The second-order valence-corrected chi connectivity index (χ2v) is 16.1. The summed E-state index contributed by atoms with van der Waals surface area (Å²) in [5.41, 5.74) is -0.00729. The number of benzene rings is 2. The maximum Gasteiger partial charge on any atom is 0.407 e. The third-order valence-corrected chi connectivity index (χ3v) is 10.1. The third-order valence-electron chi connectivity index (χ3n) is 8.67. The van der Waals surface area contributed by atoms with E-state index >= 15 is 4.39 Å². The number of rotatable bonds is 33. The fourth-order valence-corrected chi connectivity index (χ4v) is 7.06. The highest BCUT2D eigenvalue weighted by Crippen LogP contribution is 2.51. The summed E-state index contributed by atoms with van der Waals surface area (Å²) in [6.45, 7) is 12.7. The largest absolute Gasteiger partial charge is 0.444 e. The van der Waals surface area contributed by atoms with E-state index in [9.17, 15) is 14.0 Å². The molecule has 19 heteroatoms. The summed E-state index contributed by atoms with van der Waals surface area (Å²) in [6.07, 6.45) is 0.771. The van der Waals surface area contributed by atoms with Gasteiger partial charge in [-0.15, -0.1) is 0 Å². The maximum atomic E-state index is 15.1. The minimum Gasteiger partial charge on any atom is -0.444 e. The molecule has 0 aromatic heterocycles. The zero-order valence-corrected chi connectivity index (χ0v) is 37.4. The minimum absolute atomic E-state index is 0.0603. The number of aliphatic hydroxyl groups excluding tert-OH is 1. The predicted molar refractivity (Wildman–Crippen MR) is 230 cm³/mol. The first-order valence-electron chi connectivity index (χ1n) is 21.0. The number of aliphatic hydroxyl groups is 1. The Morgan fingerprint density at radius 2 is 1.24 bits per heavy atom. The van der Waals surface area contributed by atoms with Gasteiger partial charge in [0, 0.05) is 38.9 Å². The van der Waals surface area contributed by atoms with Crippen LogP contribution in [0.15, 0.2) is 53.6 Å². The Kier molecular flexibility index (Phi) is 26.0. The molecule has 3 rings (SSSR count). The van der Waals surface area contributed by atoms with Gasteiger partial charge in [-0.1, -0.05) is 42.1 Å². The number of ether oxygens (including phenoxy) is 9. The number of amides is 3. The standard InChI is InChI=1S/C43H66F2N4O12S/c1-42(2,3)61-40(51)46-15-8-14-43(35-10-6-5-7-11-35)49(47-39(62-43)37-34-36(44)12-13-38(37)45)41(52)48(4)16-19-54-21-23-56-25-27-58-29-31-60-33-32-59-30-28-57-26-24-55-22-20-53-18-9-17-50/h5-7,10-13,34,50H,8-9,14-33H2,1-4H3,(H,46,51)/t43-/m0/s1. The maximum absolute atomic E-state index is 15.1. The van der Waals surface area contributed by atoms with Crippen LogP contribution in [0.3, 0.4) is 0 Å². The van der Waals surface area contributed by atoms with Crippen LogP contribution in [0.25, 0.3) is 0 Å². The van der Waals surface area contributed by atoms with E-state index in [1.165, 1.54) is 9.91 Å². The van der Waals surface area contributed by atoms with E-state index in [0.717, 1.165) is 35.5 Å². The van der Waals surface area contributed by atoms with E-state index < -0.39 is 34.2 Å². The molecular formula is C43H66F2N4O12S. The van der Waals surface area contributed by atoms with Gasteiger partial charge in [0.15, 0.2) is 0 Å². The predicted octanol–water partition coefficient (Wildman–Crippen LogP) is 5.40. The van der Waals surface area contributed by atoms with Crippen LogP contribution in [-0.2, 0) is 47.5 Å². The van der Waals surface area contributed by atoms with Crippen molar-refractivity contribution in [2.75, 3.05) is 132 Å². The zero-order valence-electron chi connectivity index (χ0n) is 36.6. The molecule has 0 unspecified atom stereocenters. The molecular weight excluding hydrogens is 835 g/mol. The molecule has 2 N–H and O–H groups in total. The Bertz CT molecular complexity index is 1580. The highest BCUT2D eigenvalue weighted by molar-refractivity contribution is 8.15. The fraction of sp³-hybridized carbons (Fsp3) is 0.651. The molecule has 0 saturated carbocycles. The third kappa shape index (κ3) is 20.8. The zero-order chi connectivity index (χ0) is 44.9. The smallest absolute Gasteiger partial charge is 0.407 e. The van der Waals surface area contributed by atoms with Gasteiger partial charge < -0.3 is 58.0 Å². The van der Waals surface area contributed by atoms with Gasteiger partial charge in [0.05, 0.1) is 99.1 Å². The van der Waals surface area contributed by atoms with E-state index in [4.69, 9.17) is 47.7 Å². The summed E-state index contributed by atoms with van der Waals surface area (Å²) in [5.74, 6) is -1.31. The van der Waals surface area contributed by atoms with Gasteiger partial charge in [-0.25, -0.2) is 18.4 Å². The van der Waals surface area contributed by atoms with Crippen LogP contribution in [-0.4, -0.2) is 170 Å². The Hall–Kier alpha value is -3.50. The fourth-order valence-electron chi connectivity index (χ4n) is 5.64. The molecule has 1 heterocycles. The Morgan fingerprint density at radius 1 is 0.742 bits per heavy atom. The molecule has 0 aliphatic carbocycles. The number of halogens is 2. The number of likely N-dealkylation sites (N-methyl/N-ethyl adjacent to an activating group) is 1. The number of alkyl carbamates (subject to hydrolysis) is 1. The molecule has 3 amide bonds. The van der Waals surface area contributed by atoms with E-state index in [-0.39, 0.29) is 36.9 Å². The molecule has 0 radical (unpaired) electrons. The number of hydrogen-bond acceptors (Lipinski definition) is 14. The average molecular weight is 901 g/mol. The first-order chi connectivity index (χ1) is 30.0. The van der Waals surface area contributed by atoms with Crippen LogP contribution in [0.2, 0.25) is 0 Å². The van der Waals surface area contributed by atoms with E-state index in [1.807, 2.05) is 30.3 Å². The molecule has 1 aliphatic heterocycles. The highest BCUT2D eigenvalue weighted by Gasteiger charge is 2.49. The summed E-state index contributed by atoms with van der Waals surface area (Å²) >= 11 is 1.16. The molecule has 0 saturated heterocycles. The minimum atomic E-state index is -1.15. The van der Waals surface area contributed by atoms with Crippen molar-refractivity contribution in [3.63, 3.8) is 0 Å². The van der Waals surface area contributed by atoms with Crippen LogP contribution in [0.4, 0.5) is 18.4 Å². The number of urea groups is 1. The lowest BCUT2D eigenvalue weighted by atomic mass is 10.0. The summed E-state index contributed by atoms with van der Waals surface area (Å²) < 4.78 is 78.8. The summed E-state index contributed by atoms with van der Waals surface area (Å²) in [4.78, 5) is 26.9. The van der Waals surface area contributed by atoms with E-state index in [1.54, 1.807) is 27.8 Å². The lowest BCUT2D eigenvalue weighted by Gasteiger charge is -2.37. The molecule has 16 nitrogen and oxygen atoms in total. The number of carbonyl (C=O) groups excluding carboxylic acids is 2. The van der Waals surface area contributed by atoms with Crippen LogP contribution in [0.5, 0.6) is 0 Å². The second kappa shape index (κ2) is 30.6. The van der Waals surface area contributed by atoms with Crippen LogP contribution < -0.4 is 5.32 Å². The Labute approximate surface area is 368 Å². The van der Waals surface area contributed by atoms with Crippen LogP contribution in [0, 0.1) is 11.6 Å². The topological polar surface area (TPSA) is 168 Å². The molecule has 0 spiro atoms. The SMILES string of the molecule is CN(CCOCCOCCOCCOCCOCCOCCOCCOCCCO)C(=O)N1N=C(c2cc(F)ccc2F)S[C@@]1(CCCNC(=O)OC(C)(C)C)c1ccccc1. The van der Waals surface area contributed by atoms with Crippen molar-refractivity contribution in [3.05, 3.63) is 71.3 Å². The molecule has 62 heavy (non-hydrogen) atoms. The van der Waals surface area contributed by atoms with Gasteiger partial charge in [0.2, 0.25) is 0 Å². The number of nitrogens with one attached hydrogen (secondary N) is 1. The van der Waals surface area contributed by atoms with Gasteiger partial charge in [-0.05, 0) is 63.8 Å². The van der Waals surface area contributed by atoms with Crippen molar-refractivity contribution in [2.24, 2.45) is 5.10 Å². The molecule has 1 atom stereocenters. The molecule has 0 fully saturated rings. The van der Waals surface area contributed by atoms with Gasteiger partial charge >= 0.3 is 12.1 Å². The summed E-state index contributed by atoms with van der Waals surface area (Å²) in [5, 5.41) is 17.5. The monoisotopic (exact) mass is 900 g/mol. The molecule has 2 aromatic rings. The first kappa shape index (κ1) is 52.8. The quantitative estimate of drug-likeness (QED) is 0.0876. The van der Waals surface area contributed by atoms with Crippen molar-refractivity contribution in [2.45, 2.75) is 50.5 Å². The molecule has 0 bridgehead atoms. The Morgan fingerprint density at radius 3 is 1.74 bits per heavy atom. The van der Waals surface area contributed by atoms with Crippen molar-refractivity contribution in [1.29, 1.82) is 0 Å². The lowest BCUT2D eigenvalue weighted by molar-refractivity contribution is -0.0235. The van der Waals surface area contributed by atoms with Crippen LogP contribution in [0.1, 0.15) is 51.2 Å². The number of hydrogen-bond donors (Lipinski definition) is 2. The van der Waals surface area contributed by atoms with Gasteiger partial charge in [0.1, 0.15) is 27.2 Å². The normalized spacial score (nSPS) is 15.2. The highest BCUT2D eigenvalue weighted by atomic mass is 32.2. The molecule has 1 aliphatic rings. The number of hydrazone groups is 1. The second-order valence-electron chi connectivity index (χ2n) is 14.8. The van der Waals surface area contributed by atoms with E-state index in [0.29, 0.717) is 118 Å². The Balaban J connectivity index is 1.33. The van der Waals surface area contributed by atoms with Crippen molar-refractivity contribution in [1.82, 2.24) is 15.2 Å². The van der Waals surface area contributed by atoms with Crippen molar-refractivity contribution < 1.29 is 66.1 Å². The van der Waals surface area contributed by atoms with Crippen LogP contribution >= 0.6 is 11.8 Å². The van der Waals surface area contributed by atoms with Gasteiger partial charge in [-0.3, -0.25) is 0 Å². The lowest BCUT2D eigenvalue weighted by Crippen LogP contribution is -2.48. The summed E-state index contributed by atoms with van der Waals surface area (Å²) in [6, 6.07) is 11.9. The molecule has 2 aromatic carbocycles. The number of carbonyl (C=O) groups is 2. The van der Waals surface area contributed by atoms with Crippen molar-refractivity contribution >= 4 is 28.9 Å². The first-order valence-corrected chi connectivity index (χ1v) is 21.8. The van der Waals surface area contributed by atoms with E-state index in [2.05, 4.69) is 10.4 Å². The number of nitrogens with zero attached hydrogens (tertiary/aromatic N) is 3. The van der Waals surface area contributed by atoms with Gasteiger partial charge in [-0.2, -0.15) is 10.1 Å². The molecule has 350 valence electrons. The number of thioether (sulfide) groups is 1. The summed E-state index contributed by atoms with van der Waals surface area (Å²) in [7, 11) is 1.62. The average Bonchev–Trinajstić information content (AvgIpc) is 3.64. The van der Waals surface area contributed by atoms with Gasteiger partial charge in [0.25, 0.3) is 0 Å². The van der Waals surface area contributed by atoms with Crippen molar-refractivity contribution in [3.8, 4) is 0 Å².